The van der Waals surface area contributed by atoms with Gasteiger partial charge in [0.1, 0.15) is 14.7 Å². The van der Waals surface area contributed by atoms with Crippen LogP contribution in [0.2, 0.25) is 0 Å². The normalized spacial score (nSPS) is 12.1. The van der Waals surface area contributed by atoms with Crippen LogP contribution < -0.4 is 11.1 Å². The lowest BCUT2D eigenvalue weighted by Gasteiger charge is -2.16. The number of nitrogen functional groups attached to an aromatic ring is 1. The molecule has 1 aliphatic carbocycles. The third-order valence-electron chi connectivity index (χ3n) is 6.40. The number of hydrogen-bond acceptors (Lipinski definition) is 7. The Morgan fingerprint density at radius 3 is 2.56 bits per heavy atom. The Morgan fingerprint density at radius 1 is 0.972 bits per heavy atom. The van der Waals surface area contributed by atoms with Gasteiger partial charge in [0.25, 0.3) is 5.91 Å². The van der Waals surface area contributed by atoms with Gasteiger partial charge in [-0.1, -0.05) is 54.6 Å². The highest BCUT2D eigenvalue weighted by molar-refractivity contribution is 7.22. The molecule has 3 heterocycles. The fourth-order valence-electron chi connectivity index (χ4n) is 4.64. The fraction of sp³-hybridized carbons (Fsp3) is 0.107. The van der Waals surface area contributed by atoms with Crippen LogP contribution in [0.25, 0.3) is 31.9 Å². The van der Waals surface area contributed by atoms with Gasteiger partial charge in [-0.2, -0.15) is 0 Å². The smallest absolute Gasteiger partial charge is 0.341 e. The number of amides is 1. The zero-order chi connectivity index (χ0) is 24.8. The number of nitrogens with zero attached hydrogens (tertiary/aromatic N) is 1. The Hall–Kier alpha value is -4.01. The molecule has 3 aromatic heterocycles. The van der Waals surface area contributed by atoms with Crippen molar-refractivity contribution in [3.63, 3.8) is 0 Å². The van der Waals surface area contributed by atoms with Crippen LogP contribution in [-0.2, 0) is 17.6 Å². The summed E-state index contributed by atoms with van der Waals surface area (Å²) in [5.41, 5.74) is 12.2. The van der Waals surface area contributed by atoms with E-state index in [1.54, 1.807) is 0 Å². The Balaban J connectivity index is 1.39. The zero-order valence-corrected chi connectivity index (χ0v) is 21.0. The number of pyridine rings is 1. The Labute approximate surface area is 215 Å². The van der Waals surface area contributed by atoms with Gasteiger partial charge in [0.15, 0.2) is 0 Å². The summed E-state index contributed by atoms with van der Waals surface area (Å²) < 4.78 is 5.09. The van der Waals surface area contributed by atoms with E-state index in [2.05, 4.69) is 17.4 Å². The molecular weight excluding hydrogens is 490 g/mol. The summed E-state index contributed by atoms with van der Waals surface area (Å²) in [7, 11) is 1.36. The summed E-state index contributed by atoms with van der Waals surface area (Å²) >= 11 is 2.64. The molecule has 1 amide bonds. The highest BCUT2D eigenvalue weighted by Gasteiger charge is 2.30. The van der Waals surface area contributed by atoms with Crippen LogP contribution >= 0.6 is 22.7 Å². The molecule has 5 aromatic rings. The number of aromatic nitrogens is 1. The SMILES string of the molecule is COC(=O)c1c(NC(=O)c2sc3nc(-c4ccccc4)ccc3c2N)sc2c1CCc1ccccc1-2. The van der Waals surface area contributed by atoms with Crippen molar-refractivity contribution in [1.82, 2.24) is 4.98 Å². The maximum Gasteiger partial charge on any atom is 0.341 e. The number of ether oxygens (including phenoxy) is 1. The molecule has 0 radical (unpaired) electrons. The molecule has 0 spiro atoms. The van der Waals surface area contributed by atoms with E-state index in [4.69, 9.17) is 15.5 Å². The average molecular weight is 512 g/mol. The molecular formula is C28H21N3O3S2. The van der Waals surface area contributed by atoms with Gasteiger partial charge in [0, 0.05) is 15.8 Å². The highest BCUT2D eigenvalue weighted by atomic mass is 32.1. The molecule has 2 aromatic carbocycles. The second-order valence-electron chi connectivity index (χ2n) is 8.48. The van der Waals surface area contributed by atoms with Gasteiger partial charge in [0.2, 0.25) is 0 Å². The van der Waals surface area contributed by atoms with E-state index in [0.717, 1.165) is 39.1 Å². The summed E-state index contributed by atoms with van der Waals surface area (Å²) in [4.78, 5) is 33.0. The molecule has 36 heavy (non-hydrogen) atoms. The molecule has 0 bridgehead atoms. The van der Waals surface area contributed by atoms with E-state index in [9.17, 15) is 9.59 Å². The van der Waals surface area contributed by atoms with Gasteiger partial charge < -0.3 is 15.8 Å². The topological polar surface area (TPSA) is 94.3 Å². The third-order valence-corrected chi connectivity index (χ3v) is 8.69. The second kappa shape index (κ2) is 8.89. The number of rotatable bonds is 4. The number of hydrogen-bond donors (Lipinski definition) is 2. The standard InChI is InChI=1S/C28H21N3O3S2/c1-34-28(33)21-18-12-11-15-7-5-6-10-17(15)23(18)35-27(21)31-25(32)24-22(29)19-13-14-20(30-26(19)36-24)16-8-3-2-4-9-16/h2-10,13-14H,11-12,29H2,1H3,(H,31,32). The number of carbonyl (C=O) groups excluding carboxylic acids is 2. The number of nitrogens with one attached hydrogen (secondary N) is 1. The number of fused-ring (bicyclic) bond motifs is 4. The number of esters is 1. The summed E-state index contributed by atoms with van der Waals surface area (Å²) in [6, 6.07) is 21.8. The average Bonchev–Trinajstić information content (AvgIpc) is 3.45. The number of benzene rings is 2. The molecule has 0 fully saturated rings. The lowest BCUT2D eigenvalue weighted by molar-refractivity contribution is 0.0601. The van der Waals surface area contributed by atoms with Gasteiger partial charge in [0.05, 0.1) is 24.1 Å². The summed E-state index contributed by atoms with van der Waals surface area (Å²) in [6.45, 7) is 0. The number of aryl methyl sites for hydroxylation is 1. The van der Waals surface area contributed by atoms with E-state index < -0.39 is 5.97 Å². The first-order valence-electron chi connectivity index (χ1n) is 11.4. The predicted molar refractivity (Wildman–Crippen MR) is 146 cm³/mol. The highest BCUT2D eigenvalue weighted by Crippen LogP contribution is 2.46. The van der Waals surface area contributed by atoms with Crippen LogP contribution in [0.3, 0.4) is 0 Å². The number of nitrogens with two attached hydrogens (primary N) is 1. The predicted octanol–water partition coefficient (Wildman–Crippen LogP) is 6.41. The number of methoxy groups -OCH3 is 1. The number of carbonyl (C=O) groups is 2. The molecule has 0 saturated carbocycles. The lowest BCUT2D eigenvalue weighted by Crippen LogP contribution is -2.15. The Morgan fingerprint density at radius 2 is 1.75 bits per heavy atom. The molecule has 0 saturated heterocycles. The van der Waals surface area contributed by atoms with Crippen molar-refractivity contribution in [2.24, 2.45) is 0 Å². The second-order valence-corrected chi connectivity index (χ2v) is 10.5. The van der Waals surface area contributed by atoms with Crippen molar-refractivity contribution in [2.45, 2.75) is 12.8 Å². The summed E-state index contributed by atoms with van der Waals surface area (Å²) in [5.74, 6) is -0.825. The van der Waals surface area contributed by atoms with Crippen molar-refractivity contribution in [3.05, 3.63) is 88.3 Å². The van der Waals surface area contributed by atoms with Crippen LogP contribution in [0.15, 0.2) is 66.7 Å². The van der Waals surface area contributed by atoms with Crippen LogP contribution in [0, 0.1) is 0 Å². The maximum atomic E-state index is 13.4. The van der Waals surface area contributed by atoms with E-state index in [1.807, 2.05) is 54.6 Å². The third kappa shape index (κ3) is 3.66. The van der Waals surface area contributed by atoms with Crippen molar-refractivity contribution in [2.75, 3.05) is 18.2 Å². The molecule has 0 aliphatic heterocycles. The minimum absolute atomic E-state index is 0.366. The van der Waals surface area contributed by atoms with Gasteiger partial charge >= 0.3 is 5.97 Å². The van der Waals surface area contributed by atoms with Gasteiger partial charge in [-0.15, -0.1) is 22.7 Å². The minimum Gasteiger partial charge on any atom is -0.465 e. The van der Waals surface area contributed by atoms with Crippen LogP contribution in [0.4, 0.5) is 10.7 Å². The van der Waals surface area contributed by atoms with E-state index in [-0.39, 0.29) is 5.91 Å². The lowest BCUT2D eigenvalue weighted by atomic mass is 9.89. The molecule has 6 nitrogen and oxygen atoms in total. The molecule has 6 rings (SSSR count). The molecule has 8 heteroatoms. The van der Waals surface area contributed by atoms with Crippen molar-refractivity contribution >= 4 is 55.5 Å². The van der Waals surface area contributed by atoms with Gasteiger partial charge in [-0.3, -0.25) is 4.79 Å². The van der Waals surface area contributed by atoms with Crippen LogP contribution in [0.5, 0.6) is 0 Å². The van der Waals surface area contributed by atoms with Gasteiger partial charge in [-0.05, 0) is 41.7 Å². The Kier molecular flexibility index (Phi) is 5.55. The van der Waals surface area contributed by atoms with Gasteiger partial charge in [-0.25, -0.2) is 9.78 Å². The van der Waals surface area contributed by atoms with E-state index in [1.165, 1.54) is 35.3 Å². The van der Waals surface area contributed by atoms with Crippen molar-refractivity contribution in [1.29, 1.82) is 0 Å². The largest absolute Gasteiger partial charge is 0.465 e. The van der Waals surface area contributed by atoms with E-state index >= 15 is 0 Å². The molecule has 178 valence electrons. The quantitative estimate of drug-likeness (QED) is 0.272. The van der Waals surface area contributed by atoms with E-state index in [0.29, 0.717) is 32.4 Å². The zero-order valence-electron chi connectivity index (χ0n) is 19.3. The first kappa shape index (κ1) is 22.5. The molecule has 0 unspecified atom stereocenters. The maximum absolute atomic E-state index is 13.4. The fourth-order valence-corrected chi connectivity index (χ4v) is 6.92. The Bertz CT molecular complexity index is 1650. The summed E-state index contributed by atoms with van der Waals surface area (Å²) in [6.07, 6.45) is 1.54. The first-order valence-corrected chi connectivity index (χ1v) is 13.1. The van der Waals surface area contributed by atoms with Crippen molar-refractivity contribution in [3.8, 4) is 21.7 Å². The first-order chi connectivity index (χ1) is 17.5. The molecule has 1 aliphatic rings. The summed E-state index contributed by atoms with van der Waals surface area (Å²) in [5, 5.41) is 4.17. The van der Waals surface area contributed by atoms with Crippen molar-refractivity contribution < 1.29 is 14.3 Å². The molecule has 0 atom stereocenters. The number of thiophene rings is 2. The minimum atomic E-state index is -0.458. The molecule has 3 N–H and O–H groups in total. The monoisotopic (exact) mass is 511 g/mol. The number of anilines is 2. The van der Waals surface area contributed by atoms with Crippen LogP contribution in [-0.4, -0.2) is 24.0 Å². The van der Waals surface area contributed by atoms with Crippen LogP contribution in [0.1, 0.15) is 31.2 Å².